The minimum Gasteiger partial charge on any atom is -0.484 e. The summed E-state index contributed by atoms with van der Waals surface area (Å²) in [5.74, 6) is 1.49. The van der Waals surface area contributed by atoms with Gasteiger partial charge in [0, 0.05) is 13.1 Å². The van der Waals surface area contributed by atoms with Crippen molar-refractivity contribution in [2.45, 2.75) is 20.3 Å². The molecule has 0 radical (unpaired) electrons. The van der Waals surface area contributed by atoms with Crippen LogP contribution >= 0.6 is 0 Å². The first-order chi connectivity index (χ1) is 8.15. The molecule has 3 nitrogen and oxygen atoms in total. The van der Waals surface area contributed by atoms with Gasteiger partial charge in [0.15, 0.2) is 6.61 Å². The molecule has 0 aliphatic carbocycles. The number of benzene rings is 1. The summed E-state index contributed by atoms with van der Waals surface area (Å²) in [5.41, 5.74) is 1.14. The Morgan fingerprint density at radius 3 is 3.00 bits per heavy atom. The highest BCUT2D eigenvalue weighted by Gasteiger charge is 2.23. The molecule has 1 aromatic carbocycles. The minimum absolute atomic E-state index is 0.0934. The zero-order chi connectivity index (χ0) is 12.3. The molecule has 0 N–H and O–H groups in total. The average molecular weight is 233 g/mol. The predicted octanol–water partition coefficient (Wildman–Crippen LogP) is 2.24. The molecule has 1 saturated heterocycles. The molecule has 3 heteroatoms. The van der Waals surface area contributed by atoms with Crippen molar-refractivity contribution in [3.8, 4) is 5.75 Å². The molecule has 0 bridgehead atoms. The van der Waals surface area contributed by atoms with E-state index in [0.29, 0.717) is 5.92 Å². The molecule has 1 unspecified atom stereocenters. The van der Waals surface area contributed by atoms with Crippen LogP contribution in [0, 0.1) is 12.8 Å². The third kappa shape index (κ3) is 3.22. The number of hydrogen-bond acceptors (Lipinski definition) is 2. The van der Waals surface area contributed by atoms with Crippen LogP contribution in [0.1, 0.15) is 18.9 Å². The maximum Gasteiger partial charge on any atom is 0.260 e. The van der Waals surface area contributed by atoms with Crippen LogP contribution in [-0.4, -0.2) is 30.5 Å². The lowest BCUT2D eigenvalue weighted by Gasteiger charge is -2.16. The summed E-state index contributed by atoms with van der Waals surface area (Å²) in [6.45, 7) is 6.08. The highest BCUT2D eigenvalue weighted by Crippen LogP contribution is 2.16. The molecule has 1 aliphatic rings. The number of rotatable bonds is 3. The zero-order valence-corrected chi connectivity index (χ0v) is 10.5. The standard InChI is InChI=1S/C14H19NO2/c1-11-4-3-5-13(8-11)17-10-14(16)15-7-6-12(2)9-15/h3-5,8,12H,6-7,9-10H2,1-2H3. The fraction of sp³-hybridized carbons (Fsp3) is 0.500. The summed E-state index contributed by atoms with van der Waals surface area (Å²) in [4.78, 5) is 13.7. The van der Waals surface area contributed by atoms with Crippen LogP contribution in [0.5, 0.6) is 5.75 Å². The molecule has 92 valence electrons. The number of aryl methyl sites for hydroxylation is 1. The van der Waals surface area contributed by atoms with Crippen molar-refractivity contribution in [1.29, 1.82) is 0 Å². The molecular weight excluding hydrogens is 214 g/mol. The summed E-state index contributed by atoms with van der Waals surface area (Å²) in [5, 5.41) is 0. The van der Waals surface area contributed by atoms with E-state index in [1.807, 2.05) is 36.1 Å². The second-order valence-electron chi connectivity index (χ2n) is 4.84. The summed E-state index contributed by atoms with van der Waals surface area (Å²) in [6, 6.07) is 7.77. The number of ether oxygens (including phenoxy) is 1. The Morgan fingerprint density at radius 2 is 2.35 bits per heavy atom. The molecule has 2 rings (SSSR count). The molecule has 0 saturated carbocycles. The second kappa shape index (κ2) is 5.21. The van der Waals surface area contributed by atoms with Crippen LogP contribution in [0.4, 0.5) is 0 Å². The summed E-state index contributed by atoms with van der Waals surface area (Å²) in [7, 11) is 0. The van der Waals surface area contributed by atoms with Gasteiger partial charge in [-0.2, -0.15) is 0 Å². The predicted molar refractivity (Wildman–Crippen MR) is 67.0 cm³/mol. The number of likely N-dealkylation sites (tertiary alicyclic amines) is 1. The van der Waals surface area contributed by atoms with Crippen LogP contribution in [0.2, 0.25) is 0 Å². The highest BCUT2D eigenvalue weighted by molar-refractivity contribution is 5.78. The Hall–Kier alpha value is -1.51. The molecule has 17 heavy (non-hydrogen) atoms. The van der Waals surface area contributed by atoms with E-state index < -0.39 is 0 Å². The molecule has 0 aromatic heterocycles. The van der Waals surface area contributed by atoms with Gasteiger partial charge in [-0.1, -0.05) is 19.1 Å². The largest absolute Gasteiger partial charge is 0.484 e. The SMILES string of the molecule is Cc1cccc(OCC(=O)N2CCC(C)C2)c1. The van der Waals surface area contributed by atoms with E-state index in [9.17, 15) is 4.79 Å². The number of hydrogen-bond donors (Lipinski definition) is 0. The zero-order valence-electron chi connectivity index (χ0n) is 10.5. The van der Waals surface area contributed by atoms with Crippen molar-refractivity contribution in [2.75, 3.05) is 19.7 Å². The molecule has 1 atom stereocenters. The topological polar surface area (TPSA) is 29.5 Å². The van der Waals surface area contributed by atoms with E-state index in [-0.39, 0.29) is 12.5 Å². The monoisotopic (exact) mass is 233 g/mol. The molecular formula is C14H19NO2. The lowest BCUT2D eigenvalue weighted by molar-refractivity contribution is -0.132. The first kappa shape index (κ1) is 12.0. The van der Waals surface area contributed by atoms with E-state index in [1.165, 1.54) is 0 Å². The van der Waals surface area contributed by atoms with Crippen molar-refractivity contribution in [1.82, 2.24) is 4.90 Å². The van der Waals surface area contributed by atoms with E-state index in [0.717, 1.165) is 30.8 Å². The van der Waals surface area contributed by atoms with E-state index in [2.05, 4.69) is 6.92 Å². The van der Waals surface area contributed by atoms with Gasteiger partial charge < -0.3 is 9.64 Å². The van der Waals surface area contributed by atoms with E-state index in [4.69, 9.17) is 4.74 Å². The maximum atomic E-state index is 11.9. The first-order valence-corrected chi connectivity index (χ1v) is 6.12. The van der Waals surface area contributed by atoms with Gasteiger partial charge in [0.1, 0.15) is 5.75 Å². The number of carbonyl (C=O) groups excluding carboxylic acids is 1. The van der Waals surface area contributed by atoms with Gasteiger partial charge >= 0.3 is 0 Å². The summed E-state index contributed by atoms with van der Waals surface area (Å²) in [6.07, 6.45) is 1.11. The van der Waals surface area contributed by atoms with Crippen LogP contribution in [0.3, 0.4) is 0 Å². The normalized spacial score (nSPS) is 19.4. The van der Waals surface area contributed by atoms with Gasteiger partial charge in [-0.3, -0.25) is 4.79 Å². The molecule has 1 heterocycles. The molecule has 1 amide bonds. The van der Waals surface area contributed by atoms with E-state index >= 15 is 0 Å². The Kier molecular flexibility index (Phi) is 3.67. The van der Waals surface area contributed by atoms with Crippen LogP contribution in [0.15, 0.2) is 24.3 Å². The van der Waals surface area contributed by atoms with Crippen molar-refractivity contribution < 1.29 is 9.53 Å². The quantitative estimate of drug-likeness (QED) is 0.801. The van der Waals surface area contributed by atoms with Crippen LogP contribution in [0.25, 0.3) is 0 Å². The van der Waals surface area contributed by atoms with Crippen LogP contribution in [-0.2, 0) is 4.79 Å². The van der Waals surface area contributed by atoms with E-state index in [1.54, 1.807) is 0 Å². The average Bonchev–Trinajstić information content (AvgIpc) is 2.73. The number of amides is 1. The van der Waals surface area contributed by atoms with Gasteiger partial charge in [-0.25, -0.2) is 0 Å². The Bertz CT molecular complexity index is 403. The van der Waals surface area contributed by atoms with Gasteiger partial charge in [0.2, 0.25) is 0 Å². The maximum absolute atomic E-state index is 11.9. The lowest BCUT2D eigenvalue weighted by Crippen LogP contribution is -2.32. The summed E-state index contributed by atoms with van der Waals surface area (Å²) < 4.78 is 5.51. The lowest BCUT2D eigenvalue weighted by atomic mass is 10.2. The van der Waals surface area contributed by atoms with Gasteiger partial charge in [-0.05, 0) is 37.0 Å². The minimum atomic E-state index is 0.0934. The van der Waals surface area contributed by atoms with Crippen molar-refractivity contribution in [2.24, 2.45) is 5.92 Å². The van der Waals surface area contributed by atoms with Crippen molar-refractivity contribution >= 4 is 5.91 Å². The van der Waals surface area contributed by atoms with Gasteiger partial charge in [0.05, 0.1) is 0 Å². The van der Waals surface area contributed by atoms with Crippen LogP contribution < -0.4 is 4.74 Å². The number of nitrogens with zero attached hydrogens (tertiary/aromatic N) is 1. The Labute approximate surface area is 102 Å². The molecule has 1 aromatic rings. The number of carbonyl (C=O) groups is 1. The van der Waals surface area contributed by atoms with Gasteiger partial charge in [0.25, 0.3) is 5.91 Å². The molecule has 0 spiro atoms. The molecule has 1 aliphatic heterocycles. The fourth-order valence-electron chi connectivity index (χ4n) is 2.10. The Morgan fingerprint density at radius 1 is 1.53 bits per heavy atom. The third-order valence-electron chi connectivity index (χ3n) is 3.13. The second-order valence-corrected chi connectivity index (χ2v) is 4.84. The van der Waals surface area contributed by atoms with Crippen molar-refractivity contribution in [3.63, 3.8) is 0 Å². The summed E-state index contributed by atoms with van der Waals surface area (Å²) >= 11 is 0. The fourth-order valence-corrected chi connectivity index (χ4v) is 2.10. The van der Waals surface area contributed by atoms with Crippen molar-refractivity contribution in [3.05, 3.63) is 29.8 Å². The highest BCUT2D eigenvalue weighted by atomic mass is 16.5. The Balaban J connectivity index is 1.84. The third-order valence-corrected chi connectivity index (χ3v) is 3.13. The first-order valence-electron chi connectivity index (χ1n) is 6.12. The smallest absolute Gasteiger partial charge is 0.260 e. The van der Waals surface area contributed by atoms with Gasteiger partial charge in [-0.15, -0.1) is 0 Å². The molecule has 1 fully saturated rings.